The first-order valence-electron chi connectivity index (χ1n) is 8.45. The number of fused-ring (bicyclic) bond motifs is 1. The molecule has 27 heavy (non-hydrogen) atoms. The smallest absolute Gasteiger partial charge is 0.270 e. The molecule has 0 spiro atoms. The van der Waals surface area contributed by atoms with E-state index in [4.69, 9.17) is 9.47 Å². The van der Waals surface area contributed by atoms with Crippen LogP contribution in [0.2, 0.25) is 0 Å². The first kappa shape index (κ1) is 18.4. The van der Waals surface area contributed by atoms with E-state index < -0.39 is 17.5 Å². The third kappa shape index (κ3) is 3.62. The molecule has 140 valence electrons. The predicted octanol–water partition coefficient (Wildman–Crippen LogP) is 2.51. The lowest BCUT2D eigenvalue weighted by Crippen LogP contribution is -2.33. The van der Waals surface area contributed by atoms with Crippen molar-refractivity contribution in [3.63, 3.8) is 0 Å². The molecule has 0 saturated heterocycles. The van der Waals surface area contributed by atoms with Gasteiger partial charge in [0.2, 0.25) is 0 Å². The van der Waals surface area contributed by atoms with Crippen molar-refractivity contribution in [3.05, 3.63) is 69.8 Å². The van der Waals surface area contributed by atoms with Crippen molar-refractivity contribution in [3.8, 4) is 11.5 Å². The number of nitrogens with one attached hydrogen (secondary N) is 1. The van der Waals surface area contributed by atoms with Gasteiger partial charge < -0.3 is 14.8 Å². The van der Waals surface area contributed by atoms with E-state index in [1.54, 1.807) is 44.7 Å². The number of hydrogen-bond acceptors (Lipinski definition) is 5. The van der Waals surface area contributed by atoms with E-state index in [0.29, 0.717) is 17.1 Å². The Kier molecular flexibility index (Phi) is 5.12. The average Bonchev–Trinajstić information content (AvgIpc) is 2.67. The Morgan fingerprint density at radius 3 is 2.67 bits per heavy atom. The molecule has 7 heteroatoms. The second kappa shape index (κ2) is 7.49. The molecular weight excluding hydrogens is 346 g/mol. The van der Waals surface area contributed by atoms with E-state index in [1.165, 1.54) is 10.6 Å². The zero-order valence-electron chi connectivity index (χ0n) is 15.6. The van der Waals surface area contributed by atoms with E-state index in [2.05, 4.69) is 10.3 Å². The van der Waals surface area contributed by atoms with E-state index in [0.717, 1.165) is 11.1 Å². The van der Waals surface area contributed by atoms with E-state index in [1.807, 2.05) is 19.9 Å². The highest BCUT2D eigenvalue weighted by atomic mass is 16.5. The number of methoxy groups -OCH3 is 2. The number of amides is 1. The number of carbonyl (C=O) groups excluding carboxylic acids is 1. The summed E-state index contributed by atoms with van der Waals surface area (Å²) in [5.74, 6) is 0.767. The van der Waals surface area contributed by atoms with Crippen LogP contribution in [-0.2, 0) is 0 Å². The van der Waals surface area contributed by atoms with Gasteiger partial charge in [-0.25, -0.2) is 4.98 Å². The van der Waals surface area contributed by atoms with Crippen LogP contribution in [0.4, 0.5) is 0 Å². The van der Waals surface area contributed by atoms with Crippen molar-refractivity contribution < 1.29 is 14.3 Å². The zero-order valence-corrected chi connectivity index (χ0v) is 15.6. The van der Waals surface area contributed by atoms with Crippen molar-refractivity contribution in [1.82, 2.24) is 14.7 Å². The van der Waals surface area contributed by atoms with Crippen LogP contribution < -0.4 is 20.3 Å². The SMILES string of the molecule is COc1ccc(OC)c(C(C)NC(=O)c2cnc3ccc(C)cn3c2=O)c1. The van der Waals surface area contributed by atoms with Crippen molar-refractivity contribution in [2.45, 2.75) is 19.9 Å². The minimum atomic E-state index is -0.499. The average molecular weight is 367 g/mol. The molecule has 0 saturated carbocycles. The van der Waals surface area contributed by atoms with Gasteiger partial charge in [0, 0.05) is 18.0 Å². The summed E-state index contributed by atoms with van der Waals surface area (Å²) in [5.41, 5.74) is 1.70. The van der Waals surface area contributed by atoms with Crippen molar-refractivity contribution in [2.75, 3.05) is 14.2 Å². The normalized spacial score (nSPS) is 11.9. The summed E-state index contributed by atoms with van der Waals surface area (Å²) >= 11 is 0. The highest BCUT2D eigenvalue weighted by Crippen LogP contribution is 2.29. The van der Waals surface area contributed by atoms with Gasteiger partial charge in [-0.3, -0.25) is 14.0 Å². The number of hydrogen-bond donors (Lipinski definition) is 1. The number of aromatic nitrogens is 2. The summed E-state index contributed by atoms with van der Waals surface area (Å²) in [4.78, 5) is 29.6. The second-order valence-corrected chi connectivity index (χ2v) is 6.21. The molecule has 1 aromatic carbocycles. The van der Waals surface area contributed by atoms with Gasteiger partial charge in [0.05, 0.1) is 20.3 Å². The summed E-state index contributed by atoms with van der Waals surface area (Å²) in [6.45, 7) is 3.68. The van der Waals surface area contributed by atoms with Gasteiger partial charge in [0.1, 0.15) is 22.7 Å². The molecule has 3 aromatic rings. The quantitative estimate of drug-likeness (QED) is 0.749. The van der Waals surface area contributed by atoms with Gasteiger partial charge in [0.25, 0.3) is 11.5 Å². The van der Waals surface area contributed by atoms with Gasteiger partial charge in [0.15, 0.2) is 0 Å². The Hall–Kier alpha value is -3.35. The van der Waals surface area contributed by atoms with Crippen LogP contribution in [0.5, 0.6) is 11.5 Å². The lowest BCUT2D eigenvalue weighted by atomic mass is 10.1. The zero-order chi connectivity index (χ0) is 19.6. The molecule has 1 N–H and O–H groups in total. The van der Waals surface area contributed by atoms with Crippen LogP contribution >= 0.6 is 0 Å². The number of pyridine rings is 1. The molecule has 0 aliphatic heterocycles. The third-order valence-electron chi connectivity index (χ3n) is 4.35. The Morgan fingerprint density at radius 2 is 1.96 bits per heavy atom. The Bertz CT molecular complexity index is 1060. The summed E-state index contributed by atoms with van der Waals surface area (Å²) in [5, 5.41) is 2.83. The number of rotatable bonds is 5. The number of aryl methyl sites for hydroxylation is 1. The van der Waals surface area contributed by atoms with Crippen LogP contribution in [0.15, 0.2) is 47.5 Å². The Balaban J connectivity index is 1.93. The molecule has 1 atom stereocenters. The Morgan fingerprint density at radius 1 is 1.19 bits per heavy atom. The Labute approximate surface area is 156 Å². The van der Waals surface area contributed by atoms with E-state index in [-0.39, 0.29) is 5.56 Å². The van der Waals surface area contributed by atoms with Crippen LogP contribution in [0.1, 0.15) is 34.5 Å². The molecule has 3 rings (SSSR count). The largest absolute Gasteiger partial charge is 0.497 e. The monoisotopic (exact) mass is 367 g/mol. The topological polar surface area (TPSA) is 81.9 Å². The highest BCUT2D eigenvalue weighted by Gasteiger charge is 2.19. The number of ether oxygens (including phenoxy) is 2. The minimum Gasteiger partial charge on any atom is -0.497 e. The minimum absolute atomic E-state index is 0.0215. The van der Waals surface area contributed by atoms with E-state index >= 15 is 0 Å². The molecular formula is C20H21N3O4. The molecule has 1 unspecified atom stereocenters. The van der Waals surface area contributed by atoms with Gasteiger partial charge in [-0.05, 0) is 43.7 Å². The van der Waals surface area contributed by atoms with Crippen molar-refractivity contribution >= 4 is 11.6 Å². The predicted molar refractivity (Wildman–Crippen MR) is 102 cm³/mol. The maximum absolute atomic E-state index is 12.7. The maximum atomic E-state index is 12.7. The maximum Gasteiger partial charge on any atom is 0.270 e. The molecule has 0 radical (unpaired) electrons. The second-order valence-electron chi connectivity index (χ2n) is 6.21. The molecule has 1 amide bonds. The van der Waals surface area contributed by atoms with E-state index in [9.17, 15) is 9.59 Å². The fraction of sp³-hybridized carbons (Fsp3) is 0.250. The summed E-state index contributed by atoms with van der Waals surface area (Å²) < 4.78 is 12.0. The summed E-state index contributed by atoms with van der Waals surface area (Å²) in [6.07, 6.45) is 2.97. The van der Waals surface area contributed by atoms with Crippen molar-refractivity contribution in [1.29, 1.82) is 0 Å². The molecule has 2 aromatic heterocycles. The van der Waals surface area contributed by atoms with Crippen LogP contribution in [0.25, 0.3) is 5.65 Å². The molecule has 7 nitrogen and oxygen atoms in total. The fourth-order valence-electron chi connectivity index (χ4n) is 2.87. The van der Waals surface area contributed by atoms with Gasteiger partial charge >= 0.3 is 0 Å². The summed E-state index contributed by atoms with van der Waals surface area (Å²) in [6, 6.07) is 8.53. The molecule has 0 fully saturated rings. The molecule has 0 aliphatic rings. The number of benzene rings is 1. The van der Waals surface area contributed by atoms with Gasteiger partial charge in [-0.15, -0.1) is 0 Å². The van der Waals surface area contributed by atoms with Crippen LogP contribution in [-0.4, -0.2) is 29.5 Å². The first-order valence-corrected chi connectivity index (χ1v) is 8.45. The number of carbonyl (C=O) groups is 1. The third-order valence-corrected chi connectivity index (χ3v) is 4.35. The standard InChI is InChI=1S/C20H21N3O4/c1-12-5-8-18-21-10-16(20(25)23(18)11-12)19(24)22-13(2)15-9-14(26-3)6-7-17(15)27-4/h5-11,13H,1-4H3,(H,22,24). The lowest BCUT2D eigenvalue weighted by Gasteiger charge is -2.18. The lowest BCUT2D eigenvalue weighted by molar-refractivity contribution is 0.0937. The summed E-state index contributed by atoms with van der Waals surface area (Å²) in [7, 11) is 3.13. The fourth-order valence-corrected chi connectivity index (χ4v) is 2.87. The van der Waals surface area contributed by atoms with Crippen molar-refractivity contribution in [2.24, 2.45) is 0 Å². The molecule has 2 heterocycles. The highest BCUT2D eigenvalue weighted by molar-refractivity contribution is 5.94. The van der Waals surface area contributed by atoms with Crippen LogP contribution in [0, 0.1) is 6.92 Å². The molecule has 0 bridgehead atoms. The first-order chi connectivity index (χ1) is 12.9. The van der Waals surface area contributed by atoms with Gasteiger partial charge in [-0.1, -0.05) is 6.07 Å². The van der Waals surface area contributed by atoms with Gasteiger partial charge in [-0.2, -0.15) is 0 Å². The van der Waals surface area contributed by atoms with Crippen LogP contribution in [0.3, 0.4) is 0 Å². The number of nitrogens with zero attached hydrogens (tertiary/aromatic N) is 2. The molecule has 0 aliphatic carbocycles.